The van der Waals surface area contributed by atoms with E-state index >= 15 is 0 Å². The molecule has 5 rings (SSSR count). The smallest absolute Gasteiger partial charge is 0.159 e. The van der Waals surface area contributed by atoms with E-state index in [0.29, 0.717) is 11.8 Å². The number of aromatic nitrogens is 5. The third-order valence-electron chi connectivity index (χ3n) is 5.52. The normalized spacial score (nSPS) is 17.6. The van der Waals surface area contributed by atoms with Gasteiger partial charge in [-0.05, 0) is 44.6 Å². The molecule has 0 amide bonds. The minimum Gasteiger partial charge on any atom is -0.240 e. The van der Waals surface area contributed by atoms with Gasteiger partial charge in [0.1, 0.15) is 5.82 Å². The molecule has 25 heavy (non-hydrogen) atoms. The molecule has 3 heterocycles. The van der Waals surface area contributed by atoms with Crippen molar-refractivity contribution in [1.82, 2.24) is 24.6 Å². The van der Waals surface area contributed by atoms with Gasteiger partial charge in [-0.25, -0.2) is 19.5 Å². The molecule has 0 saturated heterocycles. The minimum absolute atomic E-state index is 0.545. The van der Waals surface area contributed by atoms with Crippen LogP contribution in [-0.4, -0.2) is 24.6 Å². The summed E-state index contributed by atoms with van der Waals surface area (Å²) >= 11 is 0. The van der Waals surface area contributed by atoms with E-state index in [4.69, 9.17) is 9.97 Å². The van der Waals surface area contributed by atoms with Crippen molar-refractivity contribution in [2.24, 2.45) is 0 Å². The Hall–Kier alpha value is -2.56. The maximum absolute atomic E-state index is 4.84. The number of aryl methyl sites for hydroxylation is 1. The fourth-order valence-electron chi connectivity index (χ4n) is 3.52. The van der Waals surface area contributed by atoms with E-state index in [-0.39, 0.29) is 0 Å². The van der Waals surface area contributed by atoms with E-state index < -0.39 is 0 Å². The average Bonchev–Trinajstić information content (AvgIpc) is 3.32. The summed E-state index contributed by atoms with van der Waals surface area (Å²) in [5.41, 5.74) is 5.92. The van der Waals surface area contributed by atoms with Crippen molar-refractivity contribution in [3.8, 4) is 0 Å². The number of fused-ring (bicyclic) bond motifs is 1. The summed E-state index contributed by atoms with van der Waals surface area (Å²) in [7, 11) is 0. The maximum atomic E-state index is 4.84. The van der Waals surface area contributed by atoms with Crippen molar-refractivity contribution < 1.29 is 0 Å². The molecular weight excluding hydrogens is 310 g/mol. The highest BCUT2D eigenvalue weighted by atomic mass is 15.2. The SMILES string of the molecule is C=C(c1ccn2ncc(C3CC3)c2n1)c1cnc(C2CCC2)nc1C. The van der Waals surface area contributed by atoms with Crippen LogP contribution in [0.25, 0.3) is 11.2 Å². The molecule has 126 valence electrons. The molecule has 2 saturated carbocycles. The van der Waals surface area contributed by atoms with Gasteiger partial charge in [-0.1, -0.05) is 13.0 Å². The Morgan fingerprint density at radius 3 is 2.64 bits per heavy atom. The summed E-state index contributed by atoms with van der Waals surface area (Å²) in [6.07, 6.45) is 12.0. The van der Waals surface area contributed by atoms with Gasteiger partial charge < -0.3 is 0 Å². The molecule has 2 aliphatic rings. The molecule has 0 radical (unpaired) electrons. The second kappa shape index (κ2) is 5.48. The lowest BCUT2D eigenvalue weighted by atomic mass is 9.84. The van der Waals surface area contributed by atoms with Crippen molar-refractivity contribution in [2.45, 2.75) is 50.9 Å². The van der Waals surface area contributed by atoms with E-state index in [1.165, 1.54) is 37.7 Å². The monoisotopic (exact) mass is 331 g/mol. The lowest BCUT2D eigenvalue weighted by Gasteiger charge is -2.24. The van der Waals surface area contributed by atoms with Gasteiger partial charge in [-0.3, -0.25) is 0 Å². The van der Waals surface area contributed by atoms with Crippen LogP contribution in [-0.2, 0) is 0 Å². The molecular formula is C20H21N5. The van der Waals surface area contributed by atoms with Crippen molar-refractivity contribution in [3.63, 3.8) is 0 Å². The highest BCUT2D eigenvalue weighted by molar-refractivity contribution is 5.77. The predicted molar refractivity (Wildman–Crippen MR) is 96.5 cm³/mol. The topological polar surface area (TPSA) is 56.0 Å². The number of hydrogen-bond donors (Lipinski definition) is 0. The summed E-state index contributed by atoms with van der Waals surface area (Å²) in [6, 6.07) is 1.97. The van der Waals surface area contributed by atoms with Crippen molar-refractivity contribution in [3.05, 3.63) is 59.6 Å². The standard InChI is InChI=1S/C20H21N5/c1-12(16-10-21-19(23-13(16)2)15-4-3-5-15)18-8-9-25-20(24-18)17(11-22-25)14-6-7-14/h8-11,14-15H,1,3-7H2,2H3. The van der Waals surface area contributed by atoms with Crippen LogP contribution >= 0.6 is 0 Å². The summed E-state index contributed by atoms with van der Waals surface area (Å²) in [5, 5.41) is 4.42. The van der Waals surface area contributed by atoms with E-state index in [1.807, 2.05) is 36.1 Å². The Bertz CT molecular complexity index is 979. The Morgan fingerprint density at radius 1 is 1.12 bits per heavy atom. The zero-order valence-corrected chi connectivity index (χ0v) is 14.4. The summed E-state index contributed by atoms with van der Waals surface area (Å²) in [4.78, 5) is 14.2. The zero-order valence-electron chi connectivity index (χ0n) is 14.4. The van der Waals surface area contributed by atoms with E-state index in [2.05, 4.69) is 16.7 Å². The van der Waals surface area contributed by atoms with E-state index in [9.17, 15) is 0 Å². The molecule has 0 aliphatic heterocycles. The maximum Gasteiger partial charge on any atom is 0.159 e. The first kappa shape index (κ1) is 14.8. The van der Waals surface area contributed by atoms with Crippen LogP contribution in [0.2, 0.25) is 0 Å². The molecule has 5 heteroatoms. The van der Waals surface area contributed by atoms with Crippen molar-refractivity contribution >= 4 is 11.2 Å². The number of rotatable bonds is 4. The molecule has 0 spiro atoms. The van der Waals surface area contributed by atoms with Crippen LogP contribution in [0, 0.1) is 6.92 Å². The predicted octanol–water partition coefficient (Wildman–Crippen LogP) is 4.03. The van der Waals surface area contributed by atoms with Gasteiger partial charge >= 0.3 is 0 Å². The summed E-state index contributed by atoms with van der Waals surface area (Å²) < 4.78 is 1.85. The first-order chi connectivity index (χ1) is 12.2. The van der Waals surface area contributed by atoms with Crippen LogP contribution in [0.15, 0.2) is 31.2 Å². The zero-order chi connectivity index (χ0) is 17.0. The molecule has 2 fully saturated rings. The Balaban J connectivity index is 1.51. The van der Waals surface area contributed by atoms with Gasteiger partial charge in [0, 0.05) is 40.7 Å². The molecule has 0 unspecified atom stereocenters. The van der Waals surface area contributed by atoms with Crippen molar-refractivity contribution in [2.75, 3.05) is 0 Å². The first-order valence-electron chi connectivity index (χ1n) is 9.08. The molecule has 2 aliphatic carbocycles. The highest BCUT2D eigenvalue weighted by Crippen LogP contribution is 2.41. The van der Waals surface area contributed by atoms with Crippen molar-refractivity contribution in [1.29, 1.82) is 0 Å². The molecule has 5 nitrogen and oxygen atoms in total. The van der Waals surface area contributed by atoms with Crippen LogP contribution < -0.4 is 0 Å². The van der Waals surface area contributed by atoms with Gasteiger partial charge in [0.2, 0.25) is 0 Å². The van der Waals surface area contributed by atoms with E-state index in [1.54, 1.807) is 0 Å². The Labute approximate surface area is 146 Å². The first-order valence-corrected chi connectivity index (χ1v) is 9.08. The van der Waals surface area contributed by atoms with Gasteiger partial charge in [-0.2, -0.15) is 5.10 Å². The van der Waals surface area contributed by atoms with Gasteiger partial charge in [0.05, 0.1) is 11.9 Å². The number of nitrogens with zero attached hydrogens (tertiary/aromatic N) is 5. The average molecular weight is 331 g/mol. The summed E-state index contributed by atoms with van der Waals surface area (Å²) in [5.74, 6) is 2.15. The third-order valence-corrected chi connectivity index (χ3v) is 5.52. The second-order valence-corrected chi connectivity index (χ2v) is 7.29. The molecule has 3 aromatic heterocycles. The fourth-order valence-corrected chi connectivity index (χ4v) is 3.52. The fraction of sp³-hybridized carbons (Fsp3) is 0.400. The number of hydrogen-bond acceptors (Lipinski definition) is 4. The lowest BCUT2D eigenvalue weighted by Crippen LogP contribution is -2.13. The Kier molecular flexibility index (Phi) is 3.23. The van der Waals surface area contributed by atoms with Crippen LogP contribution in [0.1, 0.15) is 72.3 Å². The van der Waals surface area contributed by atoms with Crippen LogP contribution in [0.3, 0.4) is 0 Å². The molecule has 0 bridgehead atoms. The van der Waals surface area contributed by atoms with Crippen LogP contribution in [0.4, 0.5) is 0 Å². The van der Waals surface area contributed by atoms with Gasteiger partial charge in [0.25, 0.3) is 0 Å². The second-order valence-electron chi connectivity index (χ2n) is 7.29. The molecule has 0 aromatic carbocycles. The molecule has 0 N–H and O–H groups in total. The third kappa shape index (κ3) is 2.46. The minimum atomic E-state index is 0.545. The van der Waals surface area contributed by atoms with Gasteiger partial charge in [-0.15, -0.1) is 0 Å². The summed E-state index contributed by atoms with van der Waals surface area (Å²) in [6.45, 7) is 6.31. The van der Waals surface area contributed by atoms with Crippen LogP contribution in [0.5, 0.6) is 0 Å². The largest absolute Gasteiger partial charge is 0.240 e. The Morgan fingerprint density at radius 2 is 1.96 bits per heavy atom. The quantitative estimate of drug-likeness (QED) is 0.724. The lowest BCUT2D eigenvalue weighted by molar-refractivity contribution is 0.400. The van der Waals surface area contributed by atoms with E-state index in [0.717, 1.165) is 34.0 Å². The highest BCUT2D eigenvalue weighted by Gasteiger charge is 2.28. The molecule has 3 aromatic rings. The molecule has 0 atom stereocenters. The van der Waals surface area contributed by atoms with Gasteiger partial charge in [0.15, 0.2) is 5.65 Å².